The van der Waals surface area contributed by atoms with Crippen LogP contribution in [0.25, 0.3) is 21.8 Å². The lowest BCUT2D eigenvalue weighted by atomic mass is 10.2. The minimum absolute atomic E-state index is 0.0518. The highest BCUT2D eigenvalue weighted by molar-refractivity contribution is 7.13. The number of anilines is 1. The summed E-state index contributed by atoms with van der Waals surface area (Å²) >= 11 is 1.41. The standard InChI is InChI=1S/C19H19N7O2S/c1-12-21-16-13(10-20-24(16)2)17(22-12)25-5-7-26(8-6-25)19(27)14-11-29-18(23-14)15-4-3-9-28-15/h3-4,9-11H,5-8H2,1-2H3. The second-order valence-corrected chi connectivity index (χ2v) is 7.75. The third kappa shape index (κ3) is 3.15. The van der Waals surface area contributed by atoms with Gasteiger partial charge in [0.05, 0.1) is 17.8 Å². The molecule has 0 spiro atoms. The van der Waals surface area contributed by atoms with Crippen molar-refractivity contribution in [3.05, 3.63) is 41.5 Å². The molecule has 4 aromatic rings. The number of furan rings is 1. The molecule has 0 aromatic carbocycles. The lowest BCUT2D eigenvalue weighted by Crippen LogP contribution is -2.49. The molecule has 1 aliphatic rings. The Hall–Kier alpha value is -3.27. The van der Waals surface area contributed by atoms with E-state index in [0.29, 0.717) is 48.5 Å². The van der Waals surface area contributed by atoms with E-state index in [2.05, 4.69) is 25.0 Å². The number of hydrogen-bond donors (Lipinski definition) is 0. The van der Waals surface area contributed by atoms with Crippen molar-refractivity contribution in [3.8, 4) is 10.8 Å². The molecule has 0 saturated carbocycles. The van der Waals surface area contributed by atoms with Crippen molar-refractivity contribution in [2.75, 3.05) is 31.1 Å². The van der Waals surface area contributed by atoms with Gasteiger partial charge in [0.25, 0.3) is 5.91 Å². The Kier molecular flexibility index (Phi) is 4.27. The van der Waals surface area contributed by atoms with Crippen molar-refractivity contribution >= 4 is 34.1 Å². The van der Waals surface area contributed by atoms with Crippen LogP contribution in [0, 0.1) is 6.92 Å². The van der Waals surface area contributed by atoms with Crippen molar-refractivity contribution in [1.29, 1.82) is 0 Å². The van der Waals surface area contributed by atoms with Crippen LogP contribution in [-0.4, -0.2) is 61.7 Å². The van der Waals surface area contributed by atoms with Gasteiger partial charge >= 0.3 is 0 Å². The zero-order chi connectivity index (χ0) is 20.0. The number of amides is 1. The lowest BCUT2D eigenvalue weighted by Gasteiger charge is -2.35. The van der Waals surface area contributed by atoms with Gasteiger partial charge in [-0.15, -0.1) is 11.3 Å². The monoisotopic (exact) mass is 409 g/mol. The number of rotatable bonds is 3. The van der Waals surface area contributed by atoms with Gasteiger partial charge in [-0.3, -0.25) is 9.48 Å². The molecule has 148 valence electrons. The summed E-state index contributed by atoms with van der Waals surface area (Å²) in [5, 5.41) is 7.74. The second kappa shape index (κ2) is 6.96. The van der Waals surface area contributed by atoms with Crippen LogP contribution in [0.3, 0.4) is 0 Å². The fourth-order valence-electron chi connectivity index (χ4n) is 3.52. The normalized spacial score (nSPS) is 14.7. The molecule has 0 atom stereocenters. The maximum Gasteiger partial charge on any atom is 0.273 e. The van der Waals surface area contributed by atoms with Crippen molar-refractivity contribution in [1.82, 2.24) is 29.6 Å². The summed E-state index contributed by atoms with van der Waals surface area (Å²) in [6.07, 6.45) is 3.40. The van der Waals surface area contributed by atoms with Crippen molar-refractivity contribution in [3.63, 3.8) is 0 Å². The molecule has 1 saturated heterocycles. The number of carbonyl (C=O) groups is 1. The molecule has 5 rings (SSSR count). The number of piperazine rings is 1. The van der Waals surface area contributed by atoms with E-state index in [0.717, 1.165) is 16.9 Å². The molecule has 1 amide bonds. The van der Waals surface area contributed by atoms with Gasteiger partial charge in [0.2, 0.25) is 0 Å². The summed E-state index contributed by atoms with van der Waals surface area (Å²) in [6.45, 7) is 4.49. The Bertz CT molecular complexity index is 1170. The van der Waals surface area contributed by atoms with Crippen LogP contribution in [0.2, 0.25) is 0 Å². The maximum absolute atomic E-state index is 12.9. The molecule has 0 N–H and O–H groups in total. The van der Waals surface area contributed by atoms with Gasteiger partial charge in [-0.1, -0.05) is 0 Å². The van der Waals surface area contributed by atoms with E-state index in [1.807, 2.05) is 31.0 Å². The first-order valence-corrected chi connectivity index (χ1v) is 10.2. The van der Waals surface area contributed by atoms with Gasteiger partial charge in [0, 0.05) is 38.6 Å². The molecular weight excluding hydrogens is 390 g/mol. The molecule has 4 aromatic heterocycles. The maximum atomic E-state index is 12.9. The first-order chi connectivity index (χ1) is 14.1. The summed E-state index contributed by atoms with van der Waals surface area (Å²) in [6, 6.07) is 3.65. The van der Waals surface area contributed by atoms with Crippen molar-refractivity contribution in [2.24, 2.45) is 7.05 Å². The highest BCUT2D eigenvalue weighted by atomic mass is 32.1. The summed E-state index contributed by atoms with van der Waals surface area (Å²) in [5.74, 6) is 2.21. The second-order valence-electron chi connectivity index (χ2n) is 6.89. The van der Waals surface area contributed by atoms with Crippen LogP contribution < -0.4 is 4.90 Å². The Labute approximate surface area is 170 Å². The highest BCUT2D eigenvalue weighted by Gasteiger charge is 2.26. The minimum atomic E-state index is -0.0518. The zero-order valence-corrected chi connectivity index (χ0v) is 16.9. The van der Waals surface area contributed by atoms with Gasteiger partial charge in [-0.25, -0.2) is 15.0 Å². The van der Waals surface area contributed by atoms with Crippen molar-refractivity contribution < 1.29 is 9.21 Å². The first kappa shape index (κ1) is 17.8. The van der Waals surface area contributed by atoms with Gasteiger partial charge in [-0.05, 0) is 19.1 Å². The number of thiazole rings is 1. The third-order valence-electron chi connectivity index (χ3n) is 5.01. The summed E-state index contributed by atoms with van der Waals surface area (Å²) in [7, 11) is 1.87. The predicted molar refractivity (Wildman–Crippen MR) is 109 cm³/mol. The van der Waals surface area contributed by atoms with Gasteiger partial charge in [0.1, 0.15) is 17.3 Å². The highest BCUT2D eigenvalue weighted by Crippen LogP contribution is 2.26. The van der Waals surface area contributed by atoms with Crippen LogP contribution in [0.4, 0.5) is 5.82 Å². The lowest BCUT2D eigenvalue weighted by molar-refractivity contribution is 0.0741. The quantitative estimate of drug-likeness (QED) is 0.513. The average molecular weight is 409 g/mol. The molecule has 10 heteroatoms. The molecular formula is C19H19N7O2S. The Morgan fingerprint density at radius 3 is 2.76 bits per heavy atom. The largest absolute Gasteiger partial charge is 0.462 e. The molecule has 0 bridgehead atoms. The number of nitrogens with zero attached hydrogens (tertiary/aromatic N) is 7. The average Bonchev–Trinajstić information content (AvgIpc) is 3.48. The molecule has 29 heavy (non-hydrogen) atoms. The fraction of sp³-hybridized carbons (Fsp3) is 0.316. The number of aromatic nitrogens is 5. The van der Waals surface area contributed by atoms with Crippen LogP contribution in [0.5, 0.6) is 0 Å². The Balaban J connectivity index is 1.31. The molecule has 5 heterocycles. The topological polar surface area (TPSA) is 93.2 Å². The van der Waals surface area contributed by atoms with Crippen LogP contribution in [-0.2, 0) is 7.05 Å². The van der Waals surface area contributed by atoms with Crippen LogP contribution >= 0.6 is 11.3 Å². The summed E-state index contributed by atoms with van der Waals surface area (Å²) in [5.41, 5.74) is 1.28. The third-order valence-corrected chi connectivity index (χ3v) is 5.86. The summed E-state index contributed by atoms with van der Waals surface area (Å²) in [4.78, 5) is 30.5. The van der Waals surface area contributed by atoms with Gasteiger partial charge in [-0.2, -0.15) is 5.10 Å². The Morgan fingerprint density at radius 1 is 1.17 bits per heavy atom. The predicted octanol–water partition coefficient (Wildman–Crippen LogP) is 2.35. The van der Waals surface area contributed by atoms with E-state index in [4.69, 9.17) is 4.42 Å². The molecule has 1 aliphatic heterocycles. The zero-order valence-electron chi connectivity index (χ0n) is 16.1. The van der Waals surface area contributed by atoms with Gasteiger partial charge in [0.15, 0.2) is 16.4 Å². The SMILES string of the molecule is Cc1nc(N2CCN(C(=O)c3csc(-c4ccco4)n3)CC2)c2cnn(C)c2n1. The number of carbonyl (C=O) groups excluding carboxylic acids is 1. The molecule has 0 radical (unpaired) electrons. The molecule has 0 unspecified atom stereocenters. The van der Waals surface area contributed by atoms with E-state index in [-0.39, 0.29) is 5.91 Å². The fourth-order valence-corrected chi connectivity index (χ4v) is 4.28. The van der Waals surface area contributed by atoms with Gasteiger partial charge < -0.3 is 14.2 Å². The number of hydrogen-bond acceptors (Lipinski definition) is 8. The Morgan fingerprint density at radius 2 is 2.00 bits per heavy atom. The first-order valence-electron chi connectivity index (χ1n) is 9.30. The van der Waals surface area contributed by atoms with E-state index in [1.54, 1.807) is 22.5 Å². The van der Waals surface area contributed by atoms with E-state index in [9.17, 15) is 4.79 Å². The molecule has 9 nitrogen and oxygen atoms in total. The number of aryl methyl sites for hydroxylation is 2. The minimum Gasteiger partial charge on any atom is -0.462 e. The smallest absolute Gasteiger partial charge is 0.273 e. The van der Waals surface area contributed by atoms with E-state index < -0.39 is 0 Å². The molecule has 0 aliphatic carbocycles. The van der Waals surface area contributed by atoms with E-state index in [1.165, 1.54) is 11.3 Å². The van der Waals surface area contributed by atoms with Crippen LogP contribution in [0.15, 0.2) is 34.4 Å². The van der Waals surface area contributed by atoms with Crippen LogP contribution in [0.1, 0.15) is 16.3 Å². The summed E-state index contributed by atoms with van der Waals surface area (Å²) < 4.78 is 7.12. The molecule has 1 fully saturated rings. The van der Waals surface area contributed by atoms with E-state index >= 15 is 0 Å². The van der Waals surface area contributed by atoms with Crippen molar-refractivity contribution in [2.45, 2.75) is 6.92 Å². The number of fused-ring (bicyclic) bond motifs is 1.